The zero-order chi connectivity index (χ0) is 14.0. The molecule has 0 radical (unpaired) electrons. The lowest BCUT2D eigenvalue weighted by Crippen LogP contribution is -2.11. The summed E-state index contributed by atoms with van der Waals surface area (Å²) in [6, 6.07) is 3.37. The van der Waals surface area contributed by atoms with Crippen molar-refractivity contribution in [2.75, 3.05) is 12.0 Å². The second-order valence-electron chi connectivity index (χ2n) is 4.05. The van der Waals surface area contributed by atoms with Gasteiger partial charge in [0, 0.05) is 12.5 Å². The smallest absolute Gasteiger partial charge is 0.169 e. The maximum Gasteiger partial charge on any atom is 0.169 e. The van der Waals surface area contributed by atoms with Crippen LogP contribution in [0.5, 0.6) is 0 Å². The molecule has 0 atom stereocenters. The van der Waals surface area contributed by atoms with Gasteiger partial charge in [0.25, 0.3) is 0 Å². The van der Waals surface area contributed by atoms with E-state index in [1.54, 1.807) is 12.1 Å². The summed E-state index contributed by atoms with van der Waals surface area (Å²) >= 11 is 3.17. The van der Waals surface area contributed by atoms with E-state index >= 15 is 0 Å². The second kappa shape index (κ2) is 5.30. The quantitative estimate of drug-likeness (QED) is 0.770. The highest BCUT2D eigenvalue weighted by molar-refractivity contribution is 9.10. The fourth-order valence-corrected chi connectivity index (χ4v) is 2.36. The molecule has 0 aromatic carbocycles. The van der Waals surface area contributed by atoms with E-state index in [4.69, 9.17) is 4.42 Å². The highest BCUT2D eigenvalue weighted by Gasteiger charge is 2.14. The molecule has 2 rings (SSSR count). The van der Waals surface area contributed by atoms with Crippen LogP contribution in [0, 0.1) is 0 Å². The molecule has 8 heteroatoms. The van der Waals surface area contributed by atoms with Crippen molar-refractivity contribution in [1.82, 2.24) is 9.78 Å². The molecule has 0 fully saturated rings. The van der Waals surface area contributed by atoms with Crippen LogP contribution >= 0.6 is 15.9 Å². The predicted octanol–water partition coefficient (Wildman–Crippen LogP) is 1.76. The lowest BCUT2D eigenvalue weighted by Gasteiger charge is -1.98. The first-order valence-electron chi connectivity index (χ1n) is 5.35. The lowest BCUT2D eigenvalue weighted by atomic mass is 10.2. The van der Waals surface area contributed by atoms with Crippen LogP contribution in [0.25, 0.3) is 11.5 Å². The Morgan fingerprint density at radius 3 is 2.74 bits per heavy atom. The largest absolute Gasteiger partial charge is 0.448 e. The molecule has 0 aliphatic heterocycles. The van der Waals surface area contributed by atoms with E-state index in [1.165, 1.54) is 10.9 Å². The zero-order valence-electron chi connectivity index (χ0n) is 10.0. The maximum atomic E-state index is 11.1. The van der Waals surface area contributed by atoms with Crippen molar-refractivity contribution in [3.05, 3.63) is 28.6 Å². The van der Waals surface area contributed by atoms with Crippen LogP contribution < -0.4 is 0 Å². The number of aryl methyl sites for hydroxylation is 1. The van der Waals surface area contributed by atoms with Crippen molar-refractivity contribution >= 4 is 32.1 Å². The normalized spacial score (nSPS) is 11.7. The summed E-state index contributed by atoms with van der Waals surface area (Å²) in [5.41, 5.74) is 0.754. The van der Waals surface area contributed by atoms with E-state index in [1.807, 2.05) is 0 Å². The Hall–Kier alpha value is -1.41. The van der Waals surface area contributed by atoms with Crippen molar-refractivity contribution in [2.24, 2.45) is 0 Å². The zero-order valence-corrected chi connectivity index (χ0v) is 12.4. The van der Waals surface area contributed by atoms with E-state index < -0.39 is 9.84 Å². The first-order valence-corrected chi connectivity index (χ1v) is 8.20. The van der Waals surface area contributed by atoms with Gasteiger partial charge in [0.2, 0.25) is 0 Å². The van der Waals surface area contributed by atoms with Crippen LogP contribution in [0.15, 0.2) is 27.4 Å². The average Bonchev–Trinajstić information content (AvgIpc) is 2.91. The maximum absolute atomic E-state index is 11.1. The highest BCUT2D eigenvalue weighted by atomic mass is 79.9. The molecule has 102 valence electrons. The number of carbonyl (C=O) groups excluding carboxylic acids is 1. The average molecular weight is 347 g/mol. The number of halogens is 1. The molecule has 0 N–H and O–H groups in total. The number of furan rings is 1. The first-order chi connectivity index (χ1) is 8.89. The van der Waals surface area contributed by atoms with Crippen molar-refractivity contribution in [3.63, 3.8) is 0 Å². The molecule has 0 aliphatic rings. The molecule has 2 heterocycles. The number of nitrogens with zero attached hydrogens (tertiary/aromatic N) is 2. The van der Waals surface area contributed by atoms with Crippen LogP contribution in [-0.2, 0) is 16.4 Å². The third kappa shape index (κ3) is 3.54. The number of hydrogen-bond donors (Lipinski definition) is 0. The lowest BCUT2D eigenvalue weighted by molar-refractivity contribution is 0.112. The standard InChI is InChI=1S/C11H11BrN2O4S/c1-19(16,17)5-4-14-6-8(7-15)11(13-14)9-2-3-10(12)18-9/h2-3,6-7H,4-5H2,1H3. The summed E-state index contributed by atoms with van der Waals surface area (Å²) in [4.78, 5) is 11.0. The van der Waals surface area contributed by atoms with Crippen LogP contribution in [0.3, 0.4) is 0 Å². The third-order valence-electron chi connectivity index (χ3n) is 2.41. The van der Waals surface area contributed by atoms with Crippen LogP contribution in [0.2, 0.25) is 0 Å². The van der Waals surface area contributed by atoms with Gasteiger partial charge in [0.1, 0.15) is 15.5 Å². The monoisotopic (exact) mass is 346 g/mol. The first kappa shape index (κ1) is 14.0. The molecule has 2 aromatic rings. The molecule has 2 aromatic heterocycles. The predicted molar refractivity (Wildman–Crippen MR) is 72.7 cm³/mol. The number of aromatic nitrogens is 2. The summed E-state index contributed by atoms with van der Waals surface area (Å²) in [6.07, 6.45) is 3.32. The van der Waals surface area contributed by atoms with Gasteiger partial charge < -0.3 is 4.42 Å². The Morgan fingerprint density at radius 2 is 2.21 bits per heavy atom. The number of sulfone groups is 1. The van der Waals surface area contributed by atoms with E-state index in [2.05, 4.69) is 21.0 Å². The molecule has 0 bridgehead atoms. The van der Waals surface area contributed by atoms with Gasteiger partial charge in [-0.3, -0.25) is 9.48 Å². The second-order valence-corrected chi connectivity index (χ2v) is 7.09. The van der Waals surface area contributed by atoms with Gasteiger partial charge >= 0.3 is 0 Å². The molecule has 0 spiro atoms. The minimum atomic E-state index is -3.07. The highest BCUT2D eigenvalue weighted by Crippen LogP contribution is 2.25. The Labute approximate surface area is 118 Å². The summed E-state index contributed by atoms with van der Waals surface area (Å²) in [5.74, 6) is 0.418. The summed E-state index contributed by atoms with van der Waals surface area (Å²) in [5, 5.41) is 4.17. The molecule has 19 heavy (non-hydrogen) atoms. The Balaban J connectivity index is 2.30. The van der Waals surface area contributed by atoms with E-state index in [0.717, 1.165) is 6.26 Å². The van der Waals surface area contributed by atoms with Gasteiger partial charge in [-0.2, -0.15) is 5.10 Å². The van der Waals surface area contributed by atoms with Crippen LogP contribution in [0.4, 0.5) is 0 Å². The van der Waals surface area contributed by atoms with Crippen molar-refractivity contribution in [2.45, 2.75) is 6.54 Å². The molecule has 0 saturated carbocycles. The van der Waals surface area contributed by atoms with Gasteiger partial charge in [0.05, 0.1) is 17.9 Å². The molecule has 0 saturated heterocycles. The molecule has 0 amide bonds. The van der Waals surface area contributed by atoms with Crippen molar-refractivity contribution in [1.29, 1.82) is 0 Å². The van der Waals surface area contributed by atoms with E-state index in [-0.39, 0.29) is 12.3 Å². The fourth-order valence-electron chi connectivity index (χ4n) is 1.53. The van der Waals surface area contributed by atoms with Crippen molar-refractivity contribution in [3.8, 4) is 11.5 Å². The van der Waals surface area contributed by atoms with Crippen molar-refractivity contribution < 1.29 is 17.6 Å². The summed E-state index contributed by atoms with van der Waals surface area (Å²) in [6.45, 7) is 0.196. The topological polar surface area (TPSA) is 82.2 Å². The SMILES string of the molecule is CS(=O)(=O)CCn1cc(C=O)c(-c2ccc(Br)o2)n1. The van der Waals surface area contributed by atoms with E-state index in [9.17, 15) is 13.2 Å². The number of aldehydes is 1. The van der Waals surface area contributed by atoms with Gasteiger partial charge in [-0.05, 0) is 28.1 Å². The number of hydrogen-bond acceptors (Lipinski definition) is 5. The fraction of sp³-hybridized carbons (Fsp3) is 0.273. The number of carbonyl (C=O) groups is 1. The minimum Gasteiger partial charge on any atom is -0.448 e. The number of rotatable bonds is 5. The Kier molecular flexibility index (Phi) is 3.91. The molecular weight excluding hydrogens is 336 g/mol. The van der Waals surface area contributed by atoms with Gasteiger partial charge in [0.15, 0.2) is 16.7 Å². The van der Waals surface area contributed by atoms with Gasteiger partial charge in [-0.25, -0.2) is 8.42 Å². The molecule has 6 nitrogen and oxygen atoms in total. The van der Waals surface area contributed by atoms with Gasteiger partial charge in [-0.1, -0.05) is 0 Å². The van der Waals surface area contributed by atoms with Crippen LogP contribution in [0.1, 0.15) is 10.4 Å². The molecule has 0 unspecified atom stereocenters. The Bertz CT molecular complexity index is 702. The van der Waals surface area contributed by atoms with Gasteiger partial charge in [-0.15, -0.1) is 0 Å². The van der Waals surface area contributed by atoms with Crippen LogP contribution in [-0.4, -0.2) is 36.5 Å². The summed E-state index contributed by atoms with van der Waals surface area (Å²) in [7, 11) is -3.07. The third-order valence-corrected chi connectivity index (χ3v) is 3.77. The molecular formula is C11H11BrN2O4S. The Morgan fingerprint density at radius 1 is 1.47 bits per heavy atom. The van der Waals surface area contributed by atoms with E-state index in [0.29, 0.717) is 28.0 Å². The minimum absolute atomic E-state index is 0.0335. The summed E-state index contributed by atoms with van der Waals surface area (Å²) < 4.78 is 29.5. The molecule has 0 aliphatic carbocycles.